The molecule has 0 radical (unpaired) electrons. The quantitative estimate of drug-likeness (QED) is 0.442. The van der Waals surface area contributed by atoms with Gasteiger partial charge in [0.2, 0.25) is 11.9 Å². The lowest BCUT2D eigenvalue weighted by atomic mass is 10.4. The Morgan fingerprint density at radius 2 is 2.00 bits per heavy atom. The van der Waals surface area contributed by atoms with Gasteiger partial charge in [0.25, 0.3) is 0 Å². The zero-order valence-electron chi connectivity index (χ0n) is 8.69. The van der Waals surface area contributed by atoms with Gasteiger partial charge in [0.15, 0.2) is 5.96 Å². The molecule has 1 heterocycles. The summed E-state index contributed by atoms with van der Waals surface area (Å²) in [6.45, 7) is 3.90. The first-order chi connectivity index (χ1) is 6.99. The van der Waals surface area contributed by atoms with Crippen molar-refractivity contribution in [2.24, 2.45) is 27.2 Å². The summed E-state index contributed by atoms with van der Waals surface area (Å²) in [5.74, 6) is 1.12. The zero-order chi connectivity index (χ0) is 11.4. The fourth-order valence-corrected chi connectivity index (χ4v) is 0.923. The van der Waals surface area contributed by atoms with Crippen LogP contribution in [0.15, 0.2) is 14.4 Å². The van der Waals surface area contributed by atoms with Gasteiger partial charge in [-0.3, -0.25) is 0 Å². The van der Waals surface area contributed by atoms with Crippen molar-refractivity contribution >= 4 is 11.9 Å². The van der Waals surface area contributed by atoms with Gasteiger partial charge in [0.1, 0.15) is 12.3 Å². The van der Waals surface area contributed by atoms with E-state index in [1.165, 1.54) is 0 Å². The van der Waals surface area contributed by atoms with Crippen LogP contribution in [0.2, 0.25) is 0 Å². The van der Waals surface area contributed by atoms with Crippen LogP contribution in [0.1, 0.15) is 17.3 Å². The van der Waals surface area contributed by atoms with E-state index in [4.69, 9.17) is 21.6 Å². The molecule has 15 heavy (non-hydrogen) atoms. The minimum atomic E-state index is -0.129. The molecule has 0 aliphatic rings. The first-order valence-electron chi connectivity index (χ1n) is 4.31. The van der Waals surface area contributed by atoms with Crippen molar-refractivity contribution in [1.82, 2.24) is 4.98 Å². The van der Waals surface area contributed by atoms with Crippen LogP contribution in [0, 0.1) is 13.8 Å². The summed E-state index contributed by atoms with van der Waals surface area (Å²) in [7, 11) is 0. The topological polar surface area (TPSA) is 129 Å². The van der Waals surface area contributed by atoms with Gasteiger partial charge in [-0.2, -0.15) is 4.99 Å². The highest BCUT2D eigenvalue weighted by Gasteiger charge is 2.04. The minimum Gasteiger partial charge on any atom is -0.444 e. The number of aliphatic imine (C=N–C) groups is 2. The number of guanidine groups is 2. The zero-order valence-corrected chi connectivity index (χ0v) is 8.69. The van der Waals surface area contributed by atoms with Gasteiger partial charge in [-0.05, 0) is 13.8 Å². The number of oxazole rings is 1. The fourth-order valence-electron chi connectivity index (χ4n) is 0.923. The van der Waals surface area contributed by atoms with E-state index in [0.717, 1.165) is 11.5 Å². The van der Waals surface area contributed by atoms with Crippen LogP contribution >= 0.6 is 0 Å². The summed E-state index contributed by atoms with van der Waals surface area (Å²) in [6.07, 6.45) is 0. The predicted molar refractivity (Wildman–Crippen MR) is 57.1 cm³/mol. The third kappa shape index (κ3) is 3.29. The molecule has 0 saturated carbocycles. The molecule has 1 rings (SSSR count). The Kier molecular flexibility index (Phi) is 3.27. The van der Waals surface area contributed by atoms with Crippen LogP contribution in [0.25, 0.3) is 0 Å². The van der Waals surface area contributed by atoms with E-state index in [1.807, 2.05) is 13.8 Å². The largest absolute Gasteiger partial charge is 0.444 e. The Hall–Kier alpha value is -2.05. The van der Waals surface area contributed by atoms with E-state index in [-0.39, 0.29) is 18.5 Å². The monoisotopic (exact) mass is 210 g/mol. The summed E-state index contributed by atoms with van der Waals surface area (Å²) >= 11 is 0. The predicted octanol–water partition coefficient (Wildman–Crippen LogP) is -0.620. The summed E-state index contributed by atoms with van der Waals surface area (Å²) < 4.78 is 5.28. The van der Waals surface area contributed by atoms with E-state index in [2.05, 4.69) is 15.0 Å². The Morgan fingerprint density at radius 1 is 1.33 bits per heavy atom. The highest BCUT2D eigenvalue weighted by Crippen LogP contribution is 2.08. The number of hydrogen-bond acceptors (Lipinski definition) is 3. The molecule has 0 saturated heterocycles. The first kappa shape index (κ1) is 11.0. The lowest BCUT2D eigenvalue weighted by Gasteiger charge is -1.92. The van der Waals surface area contributed by atoms with Crippen molar-refractivity contribution in [3.8, 4) is 0 Å². The van der Waals surface area contributed by atoms with Crippen LogP contribution in [-0.2, 0) is 6.54 Å². The molecular formula is C8H14N6O. The van der Waals surface area contributed by atoms with Gasteiger partial charge < -0.3 is 21.6 Å². The van der Waals surface area contributed by atoms with Gasteiger partial charge in [-0.25, -0.2) is 9.98 Å². The van der Waals surface area contributed by atoms with Crippen LogP contribution in [-0.4, -0.2) is 16.9 Å². The second kappa shape index (κ2) is 4.45. The molecule has 0 aliphatic heterocycles. The molecule has 7 heteroatoms. The van der Waals surface area contributed by atoms with Crippen LogP contribution in [0.4, 0.5) is 0 Å². The highest BCUT2D eigenvalue weighted by molar-refractivity contribution is 5.92. The van der Waals surface area contributed by atoms with Crippen molar-refractivity contribution in [2.45, 2.75) is 20.4 Å². The minimum absolute atomic E-state index is 0.00325. The molecule has 6 N–H and O–H groups in total. The van der Waals surface area contributed by atoms with E-state index in [0.29, 0.717) is 5.89 Å². The summed E-state index contributed by atoms with van der Waals surface area (Å²) in [5.41, 5.74) is 16.5. The van der Waals surface area contributed by atoms with E-state index >= 15 is 0 Å². The fraction of sp³-hybridized carbons (Fsp3) is 0.375. The van der Waals surface area contributed by atoms with Gasteiger partial charge in [0.05, 0.1) is 5.69 Å². The second-order valence-corrected chi connectivity index (χ2v) is 2.96. The first-order valence-corrected chi connectivity index (χ1v) is 4.31. The molecule has 1 aromatic heterocycles. The number of aromatic nitrogens is 1. The number of hydrogen-bond donors (Lipinski definition) is 3. The molecule has 0 aromatic carbocycles. The third-order valence-electron chi connectivity index (χ3n) is 1.69. The third-order valence-corrected chi connectivity index (χ3v) is 1.69. The maximum atomic E-state index is 5.40. The smallest absolute Gasteiger partial charge is 0.219 e. The lowest BCUT2D eigenvalue weighted by Crippen LogP contribution is -2.26. The van der Waals surface area contributed by atoms with Gasteiger partial charge in [-0.15, -0.1) is 0 Å². The van der Waals surface area contributed by atoms with Crippen molar-refractivity contribution in [3.05, 3.63) is 17.3 Å². The van der Waals surface area contributed by atoms with Gasteiger partial charge in [0, 0.05) is 0 Å². The lowest BCUT2D eigenvalue weighted by molar-refractivity contribution is 0.473. The molecule has 1 aromatic rings. The van der Waals surface area contributed by atoms with E-state index in [9.17, 15) is 0 Å². The number of rotatable bonds is 2. The Balaban J connectivity index is 2.68. The van der Waals surface area contributed by atoms with Crippen LogP contribution in [0.3, 0.4) is 0 Å². The Labute approximate surface area is 87.1 Å². The maximum absolute atomic E-state index is 5.40. The molecule has 82 valence electrons. The van der Waals surface area contributed by atoms with E-state index < -0.39 is 0 Å². The molecule has 0 atom stereocenters. The number of nitrogens with two attached hydrogens (primary N) is 3. The Morgan fingerprint density at radius 3 is 2.47 bits per heavy atom. The molecule has 0 amide bonds. The van der Waals surface area contributed by atoms with Gasteiger partial charge >= 0.3 is 0 Å². The molecule has 0 aliphatic carbocycles. The standard InChI is InChI=1S/C8H14N6O/c1-4-5(2)15-6(13-4)3-12-8(11)14-7(9)10/h3H2,1-2H3,(H6,9,10,11,12,14). The van der Waals surface area contributed by atoms with Crippen molar-refractivity contribution in [2.75, 3.05) is 0 Å². The molecule has 0 fully saturated rings. The molecular weight excluding hydrogens is 196 g/mol. The maximum Gasteiger partial charge on any atom is 0.219 e. The molecule has 0 spiro atoms. The molecule has 0 bridgehead atoms. The average molecular weight is 210 g/mol. The average Bonchev–Trinajstić information content (AvgIpc) is 2.42. The van der Waals surface area contributed by atoms with Gasteiger partial charge in [-0.1, -0.05) is 0 Å². The summed E-state index contributed by atoms with van der Waals surface area (Å²) in [4.78, 5) is 11.6. The second-order valence-electron chi connectivity index (χ2n) is 2.96. The summed E-state index contributed by atoms with van der Waals surface area (Å²) in [6, 6.07) is 0. The highest BCUT2D eigenvalue weighted by atomic mass is 16.4. The number of nitrogens with zero attached hydrogens (tertiary/aromatic N) is 3. The van der Waals surface area contributed by atoms with Crippen LogP contribution < -0.4 is 17.2 Å². The SMILES string of the molecule is Cc1nc(CN=C(N)N=C(N)N)oc1C. The van der Waals surface area contributed by atoms with Crippen molar-refractivity contribution in [3.63, 3.8) is 0 Å². The van der Waals surface area contributed by atoms with E-state index in [1.54, 1.807) is 0 Å². The summed E-state index contributed by atoms with van der Waals surface area (Å²) in [5, 5.41) is 0. The number of aryl methyl sites for hydroxylation is 2. The molecule has 0 unspecified atom stereocenters. The molecule has 7 nitrogen and oxygen atoms in total. The van der Waals surface area contributed by atoms with Crippen molar-refractivity contribution in [1.29, 1.82) is 0 Å². The Bertz CT molecular complexity index is 382. The van der Waals surface area contributed by atoms with Crippen molar-refractivity contribution < 1.29 is 4.42 Å². The van der Waals surface area contributed by atoms with Crippen LogP contribution in [0.5, 0.6) is 0 Å². The normalized spacial score (nSPS) is 11.5.